The minimum atomic E-state index is -1.53. The first kappa shape index (κ1) is 26.9. The molecule has 1 saturated heterocycles. The monoisotopic (exact) mass is 549 g/mol. The van der Waals surface area contributed by atoms with Crippen molar-refractivity contribution in [2.24, 2.45) is 10.9 Å². The number of hydrogen-bond acceptors (Lipinski definition) is 12. The Bertz CT molecular complexity index is 1280. The van der Waals surface area contributed by atoms with E-state index in [1.807, 2.05) is 0 Å². The molecule has 6 N–H and O–H groups in total. The van der Waals surface area contributed by atoms with Gasteiger partial charge in [-0.2, -0.15) is 15.0 Å². The van der Waals surface area contributed by atoms with Gasteiger partial charge in [-0.05, 0) is 20.8 Å². The maximum absolute atomic E-state index is 13.2. The number of thiazole rings is 1. The van der Waals surface area contributed by atoms with Gasteiger partial charge in [0, 0.05) is 24.8 Å². The van der Waals surface area contributed by atoms with Crippen molar-refractivity contribution in [3.63, 3.8) is 0 Å². The van der Waals surface area contributed by atoms with Gasteiger partial charge < -0.3 is 31.0 Å². The number of rotatable bonds is 10. The summed E-state index contributed by atoms with van der Waals surface area (Å²) in [7, 11) is 0. The van der Waals surface area contributed by atoms with Crippen molar-refractivity contribution >= 4 is 46.1 Å². The molecular weight excluding hydrogens is 522 g/mol. The number of aliphatic carboxylic acids is 1. The van der Waals surface area contributed by atoms with Gasteiger partial charge in [0.1, 0.15) is 17.3 Å². The highest BCUT2D eigenvalue weighted by Crippen LogP contribution is 2.40. The Balaban J connectivity index is 1.50. The Morgan fingerprint density at radius 2 is 2.11 bits per heavy atom. The molecule has 4 rings (SSSR count). The fourth-order valence-electron chi connectivity index (χ4n) is 3.29. The molecule has 3 heterocycles. The molecular formula is C21H27N9O7S. The number of nitrogens with zero attached hydrogens (tertiary/aromatic N) is 5. The lowest BCUT2D eigenvalue weighted by Crippen LogP contribution is -2.70. The van der Waals surface area contributed by atoms with Crippen LogP contribution in [0.25, 0.3) is 0 Å². The molecule has 2 atom stereocenters. The standard InChI is InChI=1S/C21H27N9O7S/c1-20(2,3)36-19(35)27-18-25-12(9-38-18)14(29-37-21(4-5-21)17(33)34)16(32)26-13-11(24-15(13)31)8-30-23-7-10(6-22)28-30/h7,9,11,13H,4-6,8,22H2,1-3H3,(H,24,31)(H,26,32)(H,33,34)(H,25,27,35)/t11-,13-/m0/s1. The van der Waals surface area contributed by atoms with E-state index in [1.54, 1.807) is 20.8 Å². The summed E-state index contributed by atoms with van der Waals surface area (Å²) >= 11 is 0.986. The lowest BCUT2D eigenvalue weighted by Gasteiger charge is -2.36. The maximum Gasteiger partial charge on any atom is 0.413 e. The van der Waals surface area contributed by atoms with E-state index in [4.69, 9.17) is 15.3 Å². The molecule has 2 aromatic rings. The van der Waals surface area contributed by atoms with Gasteiger partial charge in [-0.25, -0.2) is 14.6 Å². The number of β-lactam (4-membered cyclic amide) rings is 1. The van der Waals surface area contributed by atoms with Gasteiger partial charge in [-0.1, -0.05) is 5.16 Å². The third-order valence-corrected chi connectivity index (χ3v) is 6.19. The molecule has 0 unspecified atom stereocenters. The average Bonchev–Trinajstić information content (AvgIpc) is 3.26. The number of amides is 3. The molecule has 16 nitrogen and oxygen atoms in total. The number of carboxylic acids is 1. The van der Waals surface area contributed by atoms with Crippen molar-refractivity contribution in [2.45, 2.75) is 70.0 Å². The Hall–Kier alpha value is -4.12. The number of oxime groups is 1. The molecule has 1 saturated carbocycles. The predicted octanol–water partition coefficient (Wildman–Crippen LogP) is -0.438. The van der Waals surface area contributed by atoms with Crippen LogP contribution in [0.5, 0.6) is 0 Å². The minimum absolute atomic E-state index is 0.00244. The van der Waals surface area contributed by atoms with Crippen LogP contribution in [0, 0.1) is 0 Å². The number of carbonyl (C=O) groups excluding carboxylic acids is 3. The molecule has 2 fully saturated rings. The summed E-state index contributed by atoms with van der Waals surface area (Å²) in [6.45, 7) is 5.47. The van der Waals surface area contributed by atoms with E-state index < -0.39 is 47.2 Å². The molecule has 1 aliphatic carbocycles. The highest BCUT2D eigenvalue weighted by atomic mass is 32.1. The number of nitrogens with two attached hydrogens (primary N) is 1. The molecule has 1 aliphatic heterocycles. The van der Waals surface area contributed by atoms with Crippen LogP contribution in [0.15, 0.2) is 16.7 Å². The second-order valence-corrected chi connectivity index (χ2v) is 10.5. The van der Waals surface area contributed by atoms with E-state index in [1.165, 1.54) is 16.4 Å². The van der Waals surface area contributed by atoms with Crippen molar-refractivity contribution in [1.29, 1.82) is 0 Å². The van der Waals surface area contributed by atoms with Crippen LogP contribution in [-0.2, 0) is 37.0 Å². The number of carbonyl (C=O) groups is 4. The topological polar surface area (TPSA) is 225 Å². The average molecular weight is 550 g/mol. The summed E-state index contributed by atoms with van der Waals surface area (Å²) in [6, 6.07) is -1.48. The number of hydrogen-bond donors (Lipinski definition) is 5. The smallest absolute Gasteiger partial charge is 0.413 e. The van der Waals surface area contributed by atoms with Crippen molar-refractivity contribution in [2.75, 3.05) is 5.32 Å². The number of carboxylic acid groups (broad SMARTS) is 1. The first-order valence-electron chi connectivity index (χ1n) is 11.5. The van der Waals surface area contributed by atoms with Crippen molar-refractivity contribution in [1.82, 2.24) is 30.6 Å². The molecule has 0 aromatic carbocycles. The molecule has 3 amide bonds. The zero-order valence-corrected chi connectivity index (χ0v) is 21.6. The quantitative estimate of drug-likeness (QED) is 0.145. The van der Waals surface area contributed by atoms with Gasteiger partial charge in [-0.15, -0.1) is 11.3 Å². The van der Waals surface area contributed by atoms with Crippen LogP contribution in [0.1, 0.15) is 45.0 Å². The molecule has 2 aromatic heterocycles. The SMILES string of the molecule is CC(C)(C)OC(=O)Nc1nc(C(=NOC2(C(=O)O)CC2)C(=O)N[C@@H]2C(=O)N[C@H]2Cn2ncc(CN)n2)cs1. The minimum Gasteiger partial charge on any atom is -0.478 e. The third-order valence-electron chi connectivity index (χ3n) is 5.43. The second-order valence-electron chi connectivity index (χ2n) is 9.66. The van der Waals surface area contributed by atoms with E-state index in [-0.39, 0.29) is 42.5 Å². The zero-order chi connectivity index (χ0) is 27.7. The molecule has 38 heavy (non-hydrogen) atoms. The fourth-order valence-corrected chi connectivity index (χ4v) is 3.97. The molecule has 0 radical (unpaired) electrons. The van der Waals surface area contributed by atoms with Crippen LogP contribution in [-0.4, -0.2) is 78.0 Å². The molecule has 2 aliphatic rings. The normalized spacial score (nSPS) is 20.1. The van der Waals surface area contributed by atoms with Crippen LogP contribution in [0.2, 0.25) is 0 Å². The van der Waals surface area contributed by atoms with Gasteiger partial charge in [0.15, 0.2) is 10.8 Å². The first-order valence-corrected chi connectivity index (χ1v) is 12.4. The Kier molecular flexibility index (Phi) is 7.32. The third kappa shape index (κ3) is 6.23. The van der Waals surface area contributed by atoms with Crippen molar-refractivity contribution < 1.29 is 33.9 Å². The summed E-state index contributed by atoms with van der Waals surface area (Å²) in [4.78, 5) is 59.8. The van der Waals surface area contributed by atoms with Gasteiger partial charge in [0.05, 0.1) is 24.5 Å². The van der Waals surface area contributed by atoms with Crippen molar-refractivity contribution in [3.8, 4) is 0 Å². The van der Waals surface area contributed by atoms with Crippen LogP contribution in [0.3, 0.4) is 0 Å². The zero-order valence-electron chi connectivity index (χ0n) is 20.8. The Morgan fingerprint density at radius 3 is 2.68 bits per heavy atom. The summed E-state index contributed by atoms with van der Waals surface area (Å²) in [6.07, 6.45) is 1.19. The summed E-state index contributed by atoms with van der Waals surface area (Å²) in [5, 5.41) is 30.7. The number of nitrogens with one attached hydrogen (secondary N) is 3. The highest BCUT2D eigenvalue weighted by molar-refractivity contribution is 7.14. The summed E-state index contributed by atoms with van der Waals surface area (Å²) < 4.78 is 5.20. The number of anilines is 1. The maximum atomic E-state index is 13.2. The lowest BCUT2D eigenvalue weighted by molar-refractivity contribution is -0.153. The lowest BCUT2D eigenvalue weighted by atomic mass is 9.98. The van der Waals surface area contributed by atoms with Crippen LogP contribution >= 0.6 is 11.3 Å². The van der Waals surface area contributed by atoms with E-state index in [0.717, 1.165) is 11.3 Å². The second kappa shape index (κ2) is 10.3. The predicted molar refractivity (Wildman–Crippen MR) is 131 cm³/mol. The van der Waals surface area contributed by atoms with E-state index in [9.17, 15) is 24.3 Å². The molecule has 204 valence electrons. The van der Waals surface area contributed by atoms with Crippen molar-refractivity contribution in [3.05, 3.63) is 23.0 Å². The molecule has 0 bridgehead atoms. The fraction of sp³-hybridized carbons (Fsp3) is 0.524. The summed E-state index contributed by atoms with van der Waals surface area (Å²) in [5.74, 6) is -2.49. The largest absolute Gasteiger partial charge is 0.478 e. The molecule has 0 spiro atoms. The Morgan fingerprint density at radius 1 is 1.37 bits per heavy atom. The van der Waals surface area contributed by atoms with Gasteiger partial charge in [0.2, 0.25) is 11.5 Å². The number of ether oxygens (including phenoxy) is 1. The first-order chi connectivity index (χ1) is 17.9. The van der Waals surface area contributed by atoms with Crippen LogP contribution < -0.4 is 21.7 Å². The van der Waals surface area contributed by atoms with Crippen LogP contribution in [0.4, 0.5) is 9.93 Å². The van der Waals surface area contributed by atoms with Gasteiger partial charge >= 0.3 is 12.1 Å². The number of aromatic nitrogens is 4. The van der Waals surface area contributed by atoms with Gasteiger partial charge in [-0.3, -0.25) is 14.9 Å². The Labute approximate surface area is 219 Å². The highest BCUT2D eigenvalue weighted by Gasteiger charge is 2.55. The van der Waals surface area contributed by atoms with E-state index in [0.29, 0.717) is 5.69 Å². The summed E-state index contributed by atoms with van der Waals surface area (Å²) in [5.41, 5.74) is 3.47. The molecule has 17 heteroatoms. The van der Waals surface area contributed by atoms with Gasteiger partial charge in [0.25, 0.3) is 5.91 Å². The van der Waals surface area contributed by atoms with E-state index >= 15 is 0 Å². The van der Waals surface area contributed by atoms with E-state index in [2.05, 4.69) is 36.3 Å².